The maximum absolute atomic E-state index is 12.5. The smallest absolute Gasteiger partial charge is 0.118 e. The average Bonchev–Trinajstić information content (AvgIpc) is 3.04. The van der Waals surface area contributed by atoms with E-state index in [4.69, 9.17) is 0 Å². The minimum absolute atomic E-state index is 0.129. The molecule has 1 saturated heterocycles. The molecule has 5 rings (SSSR count). The Kier molecular flexibility index (Phi) is 7.58. The number of aliphatic hydroxyl groups excluding tert-OH is 1. The summed E-state index contributed by atoms with van der Waals surface area (Å²) in [6, 6.07) is 17.0. The number of hydrogen-bond donors (Lipinski definition) is 2. The number of allylic oxidation sites excluding steroid dienone is 4. The van der Waals surface area contributed by atoms with E-state index in [-0.39, 0.29) is 11.3 Å². The van der Waals surface area contributed by atoms with Crippen molar-refractivity contribution in [2.24, 2.45) is 5.92 Å². The summed E-state index contributed by atoms with van der Waals surface area (Å²) in [7, 11) is 0. The van der Waals surface area contributed by atoms with Crippen LogP contribution >= 0.6 is 0 Å². The van der Waals surface area contributed by atoms with E-state index >= 15 is 0 Å². The standard InChI is InChI=1S/C34H43NO2/c1-33(2,3)28-18-16-27(17-19-28)32(36)13-8-22-35-23-20-29(21-24-35)34(37)30-11-6-4-9-25(30)14-15-26-10-5-7-12-31(26)34/h4-7,9,11-12,15-19,29,32,36-37H,8,10,13-14,20-24H2,1-3H3. The number of benzene rings is 2. The van der Waals surface area contributed by atoms with E-state index in [1.54, 1.807) is 0 Å². The minimum Gasteiger partial charge on any atom is -0.388 e. The van der Waals surface area contributed by atoms with Gasteiger partial charge in [-0.25, -0.2) is 0 Å². The van der Waals surface area contributed by atoms with Crippen molar-refractivity contribution in [2.45, 2.75) is 76.4 Å². The van der Waals surface area contributed by atoms with Gasteiger partial charge in [0.05, 0.1) is 6.10 Å². The van der Waals surface area contributed by atoms with E-state index in [2.05, 4.69) is 98.5 Å². The molecule has 2 unspecified atom stereocenters. The van der Waals surface area contributed by atoms with Crippen molar-refractivity contribution < 1.29 is 10.2 Å². The molecular weight excluding hydrogens is 454 g/mol. The van der Waals surface area contributed by atoms with Gasteiger partial charge in [-0.15, -0.1) is 0 Å². The fraction of sp³-hybridized carbons (Fsp3) is 0.471. The fourth-order valence-electron chi connectivity index (χ4n) is 6.48. The van der Waals surface area contributed by atoms with Gasteiger partial charge in [-0.3, -0.25) is 0 Å². The quantitative estimate of drug-likeness (QED) is 0.463. The van der Waals surface area contributed by atoms with Crippen LogP contribution in [0.3, 0.4) is 0 Å². The number of hydrogen-bond acceptors (Lipinski definition) is 3. The van der Waals surface area contributed by atoms with E-state index in [1.165, 1.54) is 16.7 Å². The molecule has 0 spiro atoms. The lowest BCUT2D eigenvalue weighted by molar-refractivity contribution is -0.0166. The topological polar surface area (TPSA) is 43.7 Å². The van der Waals surface area contributed by atoms with Crippen LogP contribution in [-0.4, -0.2) is 34.7 Å². The van der Waals surface area contributed by atoms with Crippen molar-refractivity contribution in [1.82, 2.24) is 4.90 Å². The van der Waals surface area contributed by atoms with Gasteiger partial charge < -0.3 is 15.1 Å². The second kappa shape index (κ2) is 10.7. The maximum Gasteiger partial charge on any atom is 0.118 e. The van der Waals surface area contributed by atoms with Gasteiger partial charge >= 0.3 is 0 Å². The van der Waals surface area contributed by atoms with Gasteiger partial charge in [0.15, 0.2) is 0 Å². The van der Waals surface area contributed by atoms with Gasteiger partial charge in [0, 0.05) is 0 Å². The van der Waals surface area contributed by atoms with Gasteiger partial charge in [0.25, 0.3) is 0 Å². The lowest BCUT2D eigenvalue weighted by Gasteiger charge is -2.44. The second-order valence-electron chi connectivity index (χ2n) is 12.2. The molecule has 2 N–H and O–H groups in total. The molecular formula is C34H43NO2. The molecule has 0 bridgehead atoms. The summed E-state index contributed by atoms with van der Waals surface area (Å²) >= 11 is 0. The third-order valence-electron chi connectivity index (χ3n) is 8.78. The molecule has 0 amide bonds. The van der Waals surface area contributed by atoms with Crippen molar-refractivity contribution in [3.63, 3.8) is 0 Å². The molecule has 2 aromatic rings. The van der Waals surface area contributed by atoms with Crippen molar-refractivity contribution >= 4 is 0 Å². The van der Waals surface area contributed by atoms with Crippen LogP contribution in [0.5, 0.6) is 0 Å². The largest absolute Gasteiger partial charge is 0.388 e. The highest BCUT2D eigenvalue weighted by atomic mass is 16.3. The third kappa shape index (κ3) is 5.41. The average molecular weight is 498 g/mol. The van der Waals surface area contributed by atoms with Crippen LogP contribution in [-0.2, 0) is 17.4 Å². The van der Waals surface area contributed by atoms with Gasteiger partial charge in [-0.2, -0.15) is 0 Å². The predicted octanol–water partition coefficient (Wildman–Crippen LogP) is 6.77. The molecule has 0 radical (unpaired) electrons. The summed E-state index contributed by atoms with van der Waals surface area (Å²) in [5.41, 5.74) is 6.26. The van der Waals surface area contributed by atoms with Gasteiger partial charge in [-0.05, 0) is 103 Å². The van der Waals surface area contributed by atoms with E-state index in [0.29, 0.717) is 0 Å². The zero-order valence-electron chi connectivity index (χ0n) is 22.8. The van der Waals surface area contributed by atoms with Crippen molar-refractivity contribution in [1.29, 1.82) is 0 Å². The molecule has 3 nitrogen and oxygen atoms in total. The zero-order valence-corrected chi connectivity index (χ0v) is 22.8. The molecule has 2 aromatic carbocycles. The number of likely N-dealkylation sites (tertiary alicyclic amines) is 1. The Labute approximate surface area is 223 Å². The highest BCUT2D eigenvalue weighted by molar-refractivity contribution is 5.54. The summed E-state index contributed by atoms with van der Waals surface area (Å²) in [6.45, 7) is 9.63. The van der Waals surface area contributed by atoms with Gasteiger partial charge in [0.1, 0.15) is 5.60 Å². The van der Waals surface area contributed by atoms with Crippen LogP contribution in [0.25, 0.3) is 0 Å². The minimum atomic E-state index is -0.925. The van der Waals surface area contributed by atoms with Crippen molar-refractivity contribution in [2.75, 3.05) is 19.6 Å². The Bertz CT molecular complexity index is 1180. The van der Waals surface area contributed by atoms with Crippen molar-refractivity contribution in [3.8, 4) is 0 Å². The molecule has 0 aromatic heterocycles. The SMILES string of the molecule is CC(C)(C)c1ccc(C(O)CCCN2CCC(C3(O)C4=CC=CCC4=CCc4ccccc43)CC2)cc1. The van der Waals surface area contributed by atoms with E-state index < -0.39 is 11.7 Å². The molecule has 3 aliphatic rings. The van der Waals surface area contributed by atoms with Crippen LogP contribution < -0.4 is 0 Å². The molecule has 0 saturated carbocycles. The second-order valence-corrected chi connectivity index (χ2v) is 12.2. The molecule has 1 aliphatic heterocycles. The fourth-order valence-corrected chi connectivity index (χ4v) is 6.48. The van der Waals surface area contributed by atoms with Gasteiger partial charge in [0.2, 0.25) is 0 Å². The Hall–Kier alpha value is -2.46. The summed E-state index contributed by atoms with van der Waals surface area (Å²) < 4.78 is 0. The van der Waals surface area contributed by atoms with Gasteiger partial charge in [-0.1, -0.05) is 93.6 Å². The maximum atomic E-state index is 12.5. The monoisotopic (exact) mass is 497 g/mol. The summed E-state index contributed by atoms with van der Waals surface area (Å²) in [5, 5.41) is 23.2. The number of fused-ring (bicyclic) bond motifs is 2. The zero-order chi connectivity index (χ0) is 26.0. The number of piperidine rings is 1. The summed E-state index contributed by atoms with van der Waals surface area (Å²) in [4.78, 5) is 2.52. The number of nitrogens with zero attached hydrogens (tertiary/aromatic N) is 1. The first-order chi connectivity index (χ1) is 17.8. The third-order valence-corrected chi connectivity index (χ3v) is 8.78. The highest BCUT2D eigenvalue weighted by Gasteiger charge is 2.45. The van der Waals surface area contributed by atoms with Crippen molar-refractivity contribution in [3.05, 3.63) is 106 Å². The van der Waals surface area contributed by atoms with Crippen LogP contribution in [0.1, 0.15) is 81.2 Å². The Balaban J connectivity index is 1.20. The molecule has 196 valence electrons. The van der Waals surface area contributed by atoms with Crippen LogP contribution in [0.4, 0.5) is 0 Å². The summed E-state index contributed by atoms with van der Waals surface area (Å²) in [6.07, 6.45) is 13.9. The first-order valence-electron chi connectivity index (χ1n) is 14.1. The van der Waals surface area contributed by atoms with E-state index in [0.717, 1.165) is 74.9 Å². The molecule has 2 atom stereocenters. The molecule has 3 heteroatoms. The highest BCUT2D eigenvalue weighted by Crippen LogP contribution is 2.49. The molecule has 37 heavy (non-hydrogen) atoms. The normalized spacial score (nSPS) is 23.5. The van der Waals surface area contributed by atoms with E-state index in [1.807, 2.05) is 0 Å². The van der Waals surface area contributed by atoms with E-state index in [9.17, 15) is 10.2 Å². The Morgan fingerprint density at radius 1 is 1.00 bits per heavy atom. The van der Waals surface area contributed by atoms with Crippen LogP contribution in [0.15, 0.2) is 84.0 Å². The summed E-state index contributed by atoms with van der Waals surface area (Å²) in [5.74, 6) is 0.205. The van der Waals surface area contributed by atoms with Crippen LogP contribution in [0, 0.1) is 5.92 Å². The lowest BCUT2D eigenvalue weighted by atomic mass is 9.68. The molecule has 2 aliphatic carbocycles. The lowest BCUT2D eigenvalue weighted by Crippen LogP contribution is -2.45. The van der Waals surface area contributed by atoms with Crippen LogP contribution in [0.2, 0.25) is 0 Å². The number of rotatable bonds is 6. The molecule has 1 heterocycles. The Morgan fingerprint density at radius 2 is 1.73 bits per heavy atom. The molecule has 1 fully saturated rings. The predicted molar refractivity (Wildman–Crippen MR) is 152 cm³/mol. The number of aliphatic hydroxyl groups is 2. The Morgan fingerprint density at radius 3 is 2.46 bits per heavy atom. The first-order valence-corrected chi connectivity index (χ1v) is 14.1. The first kappa shape index (κ1) is 26.2.